The predicted octanol–water partition coefficient (Wildman–Crippen LogP) is 1.70. The number of rotatable bonds is 1. The van der Waals surface area contributed by atoms with Crippen LogP contribution in [0.25, 0.3) is 0 Å². The number of halogens is 2. The molecular formula is C6H8BrClO2. The molecule has 0 radical (unpaired) electrons. The molecule has 0 N–H and O–H groups in total. The highest BCUT2D eigenvalue weighted by molar-refractivity contribution is 9.10. The van der Waals surface area contributed by atoms with Gasteiger partial charge in [-0.05, 0) is 24.4 Å². The molecule has 1 rings (SSSR count). The minimum absolute atomic E-state index is 0.309. The summed E-state index contributed by atoms with van der Waals surface area (Å²) in [5, 5.41) is -0.309. The number of ether oxygens (including phenoxy) is 1. The van der Waals surface area contributed by atoms with Crippen molar-refractivity contribution in [3.05, 3.63) is 0 Å². The fourth-order valence-electron chi connectivity index (χ4n) is 0.892. The van der Waals surface area contributed by atoms with Gasteiger partial charge in [0.2, 0.25) is 5.24 Å². The molecule has 0 saturated carbocycles. The lowest BCUT2D eigenvalue weighted by Gasteiger charge is -2.27. The fourth-order valence-corrected chi connectivity index (χ4v) is 1.40. The van der Waals surface area contributed by atoms with Crippen molar-refractivity contribution in [2.45, 2.75) is 17.2 Å². The van der Waals surface area contributed by atoms with E-state index < -0.39 is 4.32 Å². The number of carbonyl (C=O) groups excluding carboxylic acids is 1. The van der Waals surface area contributed by atoms with E-state index in [0.29, 0.717) is 26.1 Å². The van der Waals surface area contributed by atoms with Crippen molar-refractivity contribution in [3.63, 3.8) is 0 Å². The van der Waals surface area contributed by atoms with E-state index in [1.165, 1.54) is 0 Å². The molecule has 0 unspecified atom stereocenters. The van der Waals surface area contributed by atoms with Crippen molar-refractivity contribution in [2.75, 3.05) is 13.2 Å². The van der Waals surface area contributed by atoms with E-state index in [9.17, 15) is 4.79 Å². The van der Waals surface area contributed by atoms with Crippen molar-refractivity contribution >= 4 is 32.8 Å². The van der Waals surface area contributed by atoms with Crippen molar-refractivity contribution in [3.8, 4) is 0 Å². The Morgan fingerprint density at radius 3 is 2.30 bits per heavy atom. The summed E-state index contributed by atoms with van der Waals surface area (Å²) in [7, 11) is 0. The Morgan fingerprint density at radius 1 is 1.50 bits per heavy atom. The van der Waals surface area contributed by atoms with Gasteiger partial charge in [0.25, 0.3) is 0 Å². The van der Waals surface area contributed by atoms with Gasteiger partial charge in [-0.2, -0.15) is 0 Å². The van der Waals surface area contributed by atoms with Crippen LogP contribution in [0.5, 0.6) is 0 Å². The first kappa shape index (κ1) is 8.50. The third kappa shape index (κ3) is 1.71. The summed E-state index contributed by atoms with van der Waals surface area (Å²) in [4.78, 5) is 10.8. The monoisotopic (exact) mass is 226 g/mol. The Morgan fingerprint density at radius 2 is 2.00 bits per heavy atom. The summed E-state index contributed by atoms with van der Waals surface area (Å²) in [6.07, 6.45) is 1.35. The van der Waals surface area contributed by atoms with Crippen LogP contribution in [0.3, 0.4) is 0 Å². The molecule has 1 fully saturated rings. The molecule has 0 aromatic carbocycles. The Hall–Kier alpha value is 0.400. The van der Waals surface area contributed by atoms with Crippen LogP contribution >= 0.6 is 27.5 Å². The topological polar surface area (TPSA) is 26.3 Å². The molecule has 1 aliphatic heterocycles. The fraction of sp³-hybridized carbons (Fsp3) is 0.833. The molecule has 1 aliphatic rings. The molecule has 0 bridgehead atoms. The molecule has 0 atom stereocenters. The van der Waals surface area contributed by atoms with Crippen molar-refractivity contribution in [2.24, 2.45) is 0 Å². The van der Waals surface area contributed by atoms with Crippen molar-refractivity contribution in [1.29, 1.82) is 0 Å². The van der Waals surface area contributed by atoms with Gasteiger partial charge in [-0.1, -0.05) is 15.9 Å². The van der Waals surface area contributed by atoms with E-state index >= 15 is 0 Å². The van der Waals surface area contributed by atoms with Gasteiger partial charge in [0.05, 0.1) is 0 Å². The highest BCUT2D eigenvalue weighted by atomic mass is 79.9. The van der Waals surface area contributed by atoms with Gasteiger partial charge in [-0.15, -0.1) is 0 Å². The van der Waals surface area contributed by atoms with Gasteiger partial charge >= 0.3 is 0 Å². The lowest BCUT2D eigenvalue weighted by atomic mass is 10.0. The highest BCUT2D eigenvalue weighted by Crippen LogP contribution is 2.32. The summed E-state index contributed by atoms with van der Waals surface area (Å²) in [5.41, 5.74) is 0. The highest BCUT2D eigenvalue weighted by Gasteiger charge is 2.35. The SMILES string of the molecule is O=C(Cl)C1(Br)CCOCC1. The quantitative estimate of drug-likeness (QED) is 0.503. The third-order valence-electron chi connectivity index (χ3n) is 1.64. The zero-order chi connectivity index (χ0) is 7.61. The van der Waals surface area contributed by atoms with Crippen LogP contribution in [-0.4, -0.2) is 22.8 Å². The van der Waals surface area contributed by atoms with Gasteiger partial charge in [0.15, 0.2) is 0 Å². The molecule has 1 saturated heterocycles. The Labute approximate surface area is 73.0 Å². The minimum atomic E-state index is -0.507. The first-order valence-electron chi connectivity index (χ1n) is 3.12. The van der Waals surface area contributed by atoms with E-state index in [1.54, 1.807) is 0 Å². The second-order valence-electron chi connectivity index (χ2n) is 2.35. The number of hydrogen-bond donors (Lipinski definition) is 0. The molecule has 0 aromatic rings. The average Bonchev–Trinajstić information content (AvgIpc) is 1.89. The van der Waals surface area contributed by atoms with Gasteiger partial charge in [-0.25, -0.2) is 0 Å². The second kappa shape index (κ2) is 3.20. The predicted molar refractivity (Wildman–Crippen MR) is 42.6 cm³/mol. The van der Waals surface area contributed by atoms with Gasteiger partial charge < -0.3 is 4.74 Å². The van der Waals surface area contributed by atoms with Crippen LogP contribution in [0.4, 0.5) is 0 Å². The van der Waals surface area contributed by atoms with Crippen LogP contribution in [-0.2, 0) is 9.53 Å². The van der Waals surface area contributed by atoms with Crippen molar-refractivity contribution < 1.29 is 9.53 Å². The van der Waals surface area contributed by atoms with Crippen LogP contribution in [0.2, 0.25) is 0 Å². The van der Waals surface area contributed by atoms with Crippen LogP contribution in [0, 0.1) is 0 Å². The van der Waals surface area contributed by atoms with E-state index in [0.717, 1.165) is 0 Å². The molecule has 58 valence electrons. The second-order valence-corrected chi connectivity index (χ2v) is 4.21. The summed E-state index contributed by atoms with van der Waals surface area (Å²) in [6.45, 7) is 1.23. The maximum Gasteiger partial charge on any atom is 0.238 e. The smallest absolute Gasteiger partial charge is 0.238 e. The third-order valence-corrected chi connectivity index (χ3v) is 3.38. The molecule has 10 heavy (non-hydrogen) atoms. The first-order chi connectivity index (χ1) is 4.65. The Bertz CT molecular complexity index is 143. The van der Waals surface area contributed by atoms with Gasteiger partial charge in [-0.3, -0.25) is 4.79 Å². The summed E-state index contributed by atoms with van der Waals surface area (Å²) in [6, 6.07) is 0. The van der Waals surface area contributed by atoms with Crippen LogP contribution in [0.1, 0.15) is 12.8 Å². The maximum atomic E-state index is 10.8. The summed E-state index contributed by atoms with van der Waals surface area (Å²) in [5.74, 6) is 0. The number of hydrogen-bond acceptors (Lipinski definition) is 2. The molecule has 4 heteroatoms. The first-order valence-corrected chi connectivity index (χ1v) is 4.29. The molecule has 0 spiro atoms. The lowest BCUT2D eigenvalue weighted by molar-refractivity contribution is -0.115. The Balaban J connectivity index is 2.56. The molecule has 0 aromatic heterocycles. The zero-order valence-electron chi connectivity index (χ0n) is 5.40. The number of carbonyl (C=O) groups is 1. The zero-order valence-corrected chi connectivity index (χ0v) is 7.74. The summed E-state index contributed by atoms with van der Waals surface area (Å²) >= 11 is 8.66. The number of alkyl halides is 1. The van der Waals surface area contributed by atoms with Crippen molar-refractivity contribution in [1.82, 2.24) is 0 Å². The normalized spacial score (nSPS) is 24.2. The van der Waals surface area contributed by atoms with Gasteiger partial charge in [0.1, 0.15) is 4.32 Å². The maximum absolute atomic E-state index is 10.8. The van der Waals surface area contributed by atoms with E-state index in [1.807, 2.05) is 0 Å². The average molecular weight is 227 g/mol. The molecular weight excluding hydrogens is 219 g/mol. The Kier molecular flexibility index (Phi) is 2.72. The van der Waals surface area contributed by atoms with Gasteiger partial charge in [0, 0.05) is 13.2 Å². The summed E-state index contributed by atoms with van der Waals surface area (Å²) < 4.78 is 4.57. The van der Waals surface area contributed by atoms with Crippen LogP contribution in [0.15, 0.2) is 0 Å². The molecule has 1 heterocycles. The van der Waals surface area contributed by atoms with E-state index in [-0.39, 0.29) is 5.24 Å². The van der Waals surface area contributed by atoms with Crippen LogP contribution < -0.4 is 0 Å². The minimum Gasteiger partial charge on any atom is -0.381 e. The molecule has 0 amide bonds. The lowest BCUT2D eigenvalue weighted by Crippen LogP contribution is -2.35. The van der Waals surface area contributed by atoms with E-state index in [2.05, 4.69) is 15.9 Å². The standard InChI is InChI=1S/C6H8BrClO2/c7-6(5(8)9)1-3-10-4-2-6/h1-4H2. The molecule has 0 aliphatic carbocycles. The molecule has 2 nitrogen and oxygen atoms in total. The largest absolute Gasteiger partial charge is 0.381 e. The van der Waals surface area contributed by atoms with E-state index in [4.69, 9.17) is 16.3 Å².